The molecule has 0 aliphatic rings. The molecular weight excluding hydrogens is 451 g/mol. The van der Waals surface area contributed by atoms with E-state index < -0.39 is 23.9 Å². The van der Waals surface area contributed by atoms with Gasteiger partial charge in [-0.15, -0.1) is 11.3 Å². The lowest BCUT2D eigenvalue weighted by Crippen LogP contribution is -2.32. The minimum Gasteiger partial charge on any atom is -0.493 e. The number of aliphatic hydroxyl groups excluding tert-OH is 1. The van der Waals surface area contributed by atoms with Crippen LogP contribution in [0.3, 0.4) is 0 Å². The highest BCUT2D eigenvalue weighted by Crippen LogP contribution is 2.38. The Morgan fingerprint density at radius 1 is 1.18 bits per heavy atom. The van der Waals surface area contributed by atoms with Gasteiger partial charge >= 0.3 is 6.03 Å². The predicted octanol–water partition coefficient (Wildman–Crippen LogP) is 5.23. The zero-order valence-corrected chi connectivity index (χ0v) is 19.3. The summed E-state index contributed by atoms with van der Waals surface area (Å²) in [5.74, 6) is -0.446. The van der Waals surface area contributed by atoms with Gasteiger partial charge in [0.1, 0.15) is 0 Å². The number of urea groups is 1. The Hall–Kier alpha value is -3.41. The first-order valence-corrected chi connectivity index (χ1v) is 10.8. The maximum Gasteiger partial charge on any atom is 0.325 e. The number of para-hydroxylation sites is 1. The fourth-order valence-electron chi connectivity index (χ4n) is 2.71. The van der Waals surface area contributed by atoms with Crippen molar-refractivity contribution in [3.8, 4) is 17.2 Å². The normalized spacial score (nSPS) is 12.1. The van der Waals surface area contributed by atoms with Gasteiger partial charge in [0, 0.05) is 17.3 Å². The Balaban J connectivity index is 1.88. The number of amides is 2. The van der Waals surface area contributed by atoms with E-state index in [0.717, 1.165) is 0 Å². The van der Waals surface area contributed by atoms with Crippen molar-refractivity contribution in [2.24, 2.45) is 0 Å². The summed E-state index contributed by atoms with van der Waals surface area (Å²) in [7, 11) is 1.39. The van der Waals surface area contributed by atoms with Gasteiger partial charge in [0.25, 0.3) is 0 Å². The average Bonchev–Trinajstić information content (AvgIpc) is 3.22. The van der Waals surface area contributed by atoms with Gasteiger partial charge in [-0.05, 0) is 51.1 Å². The molecule has 2 aromatic carbocycles. The van der Waals surface area contributed by atoms with Crippen molar-refractivity contribution in [2.75, 3.05) is 23.1 Å². The van der Waals surface area contributed by atoms with Gasteiger partial charge in [0.15, 0.2) is 22.4 Å². The molecule has 3 rings (SSSR count). The molecule has 0 saturated carbocycles. The quantitative estimate of drug-likeness (QED) is 0.329. The van der Waals surface area contributed by atoms with Gasteiger partial charge in [0.05, 0.1) is 18.4 Å². The summed E-state index contributed by atoms with van der Waals surface area (Å²) in [5.41, 5.74) is 0.0254. The number of nitrogens with zero attached hydrogens (tertiary/aromatic N) is 1. The number of hydrogen-bond donors (Lipinski definition) is 4. The van der Waals surface area contributed by atoms with E-state index in [-0.39, 0.29) is 22.9 Å². The van der Waals surface area contributed by atoms with E-state index in [0.29, 0.717) is 10.8 Å². The lowest BCUT2D eigenvalue weighted by atomic mass is 10.2. The van der Waals surface area contributed by atoms with Gasteiger partial charge in [0.2, 0.25) is 12.2 Å². The second-order valence-corrected chi connectivity index (χ2v) is 8.62. The number of hydrogen-bond acceptors (Lipinski definition) is 8. The highest BCUT2D eigenvalue weighted by atomic mass is 32.1. The highest BCUT2D eigenvalue weighted by molar-refractivity contribution is 7.13. The molecule has 0 bridgehead atoms. The molecule has 33 heavy (non-hydrogen) atoms. The zero-order valence-electron chi connectivity index (χ0n) is 18.5. The molecule has 3 aromatic rings. The highest BCUT2D eigenvalue weighted by Gasteiger charge is 2.19. The number of aromatic nitrogens is 1. The predicted molar refractivity (Wildman–Crippen MR) is 125 cm³/mol. The summed E-state index contributed by atoms with van der Waals surface area (Å²) in [5, 5.41) is 20.3. The Morgan fingerprint density at radius 3 is 2.64 bits per heavy atom. The number of rotatable bonds is 8. The van der Waals surface area contributed by atoms with Crippen LogP contribution in [-0.4, -0.2) is 35.2 Å². The van der Waals surface area contributed by atoms with Crippen molar-refractivity contribution >= 4 is 33.9 Å². The molecule has 1 heterocycles. The van der Waals surface area contributed by atoms with Crippen molar-refractivity contribution in [2.45, 2.75) is 32.8 Å². The fourth-order valence-corrected chi connectivity index (χ4v) is 3.23. The smallest absolute Gasteiger partial charge is 0.325 e. The second-order valence-electron chi connectivity index (χ2n) is 7.73. The van der Waals surface area contributed by atoms with Crippen LogP contribution in [-0.2, 0) is 4.74 Å². The van der Waals surface area contributed by atoms with Crippen LogP contribution < -0.4 is 25.4 Å². The van der Waals surface area contributed by atoms with Gasteiger partial charge in [-0.1, -0.05) is 6.07 Å². The summed E-state index contributed by atoms with van der Waals surface area (Å²) in [6.07, 6.45) is 0.251. The molecule has 4 N–H and O–H groups in total. The van der Waals surface area contributed by atoms with Gasteiger partial charge < -0.3 is 30.0 Å². The summed E-state index contributed by atoms with van der Waals surface area (Å²) in [6, 6.07) is 8.30. The molecule has 0 spiro atoms. The Bertz CT molecular complexity index is 1090. The van der Waals surface area contributed by atoms with Gasteiger partial charge in [-0.3, -0.25) is 5.32 Å². The van der Waals surface area contributed by atoms with Crippen LogP contribution in [0.4, 0.5) is 25.7 Å². The van der Waals surface area contributed by atoms with E-state index in [4.69, 9.17) is 14.2 Å². The number of carbonyl (C=O) groups is 1. The van der Waals surface area contributed by atoms with Gasteiger partial charge in [-0.25, -0.2) is 14.2 Å². The number of methoxy groups -OCH3 is 1. The van der Waals surface area contributed by atoms with Crippen molar-refractivity contribution in [3.05, 3.63) is 53.8 Å². The molecule has 0 saturated heterocycles. The number of aliphatic hydroxyl groups is 1. The van der Waals surface area contributed by atoms with E-state index in [1.807, 2.05) is 0 Å². The molecule has 0 radical (unpaired) electrons. The first kappa shape index (κ1) is 24.2. The van der Waals surface area contributed by atoms with E-state index in [1.165, 1.54) is 42.7 Å². The third kappa shape index (κ3) is 7.04. The fraction of sp³-hybridized carbons (Fsp3) is 0.273. The van der Waals surface area contributed by atoms with Crippen LogP contribution in [0.25, 0.3) is 0 Å². The van der Waals surface area contributed by atoms with Crippen LogP contribution in [0.5, 0.6) is 17.2 Å². The van der Waals surface area contributed by atoms with Crippen LogP contribution in [0, 0.1) is 5.82 Å². The lowest BCUT2D eigenvalue weighted by Gasteiger charge is -2.25. The molecule has 9 nitrogen and oxygen atoms in total. The summed E-state index contributed by atoms with van der Waals surface area (Å²) in [4.78, 5) is 16.5. The number of carbonyl (C=O) groups excluding carboxylic acids is 1. The number of ether oxygens (including phenoxy) is 3. The standard InChI is InChI=1S/C22H25FN4O5S/c1-22(2,3)32-21(29)25-13-8-9-16(31-18-14(23)6-5-7-17(18)30-4)15(12-13)26-19(28)27-20-24-10-11-33-20/h5-12,21,25,29H,1-4H3,(H2,24,26,27,28). The molecule has 0 aliphatic heterocycles. The third-order valence-corrected chi connectivity index (χ3v) is 4.69. The summed E-state index contributed by atoms with van der Waals surface area (Å²) >= 11 is 1.25. The van der Waals surface area contributed by atoms with Crippen molar-refractivity contribution in [3.63, 3.8) is 0 Å². The molecule has 2 amide bonds. The molecule has 176 valence electrons. The van der Waals surface area contributed by atoms with Crippen molar-refractivity contribution < 1.29 is 28.5 Å². The van der Waals surface area contributed by atoms with E-state index in [9.17, 15) is 14.3 Å². The number of benzene rings is 2. The Morgan fingerprint density at radius 2 is 1.97 bits per heavy atom. The molecule has 1 aromatic heterocycles. The van der Waals surface area contributed by atoms with E-state index >= 15 is 0 Å². The SMILES string of the molecule is COc1cccc(F)c1Oc1ccc(NC(O)OC(C)(C)C)cc1NC(=O)Nc1nccs1. The van der Waals surface area contributed by atoms with Crippen molar-refractivity contribution in [1.82, 2.24) is 4.98 Å². The molecule has 1 atom stereocenters. The number of anilines is 3. The van der Waals surface area contributed by atoms with E-state index in [1.54, 1.807) is 44.5 Å². The number of halogens is 1. The minimum absolute atomic E-state index is 0.139. The Kier molecular flexibility index (Phi) is 7.69. The minimum atomic E-state index is -1.31. The van der Waals surface area contributed by atoms with Crippen LogP contribution in [0.1, 0.15) is 20.8 Å². The average molecular weight is 477 g/mol. The second kappa shape index (κ2) is 10.5. The molecular formula is C22H25FN4O5S. The van der Waals surface area contributed by atoms with Crippen molar-refractivity contribution in [1.29, 1.82) is 0 Å². The van der Waals surface area contributed by atoms with Crippen LogP contribution in [0.15, 0.2) is 48.0 Å². The summed E-state index contributed by atoms with van der Waals surface area (Å²) in [6.45, 7) is 5.39. The first-order valence-electron chi connectivity index (χ1n) is 9.89. The molecule has 1 unspecified atom stereocenters. The van der Waals surface area contributed by atoms with Crippen LogP contribution in [0.2, 0.25) is 0 Å². The lowest BCUT2D eigenvalue weighted by molar-refractivity contribution is -0.148. The summed E-state index contributed by atoms with van der Waals surface area (Å²) < 4.78 is 30.8. The zero-order chi connectivity index (χ0) is 24.0. The molecule has 11 heteroatoms. The maximum atomic E-state index is 14.4. The van der Waals surface area contributed by atoms with Crippen LogP contribution >= 0.6 is 11.3 Å². The monoisotopic (exact) mass is 476 g/mol. The topological polar surface area (TPSA) is 114 Å². The van der Waals surface area contributed by atoms with E-state index in [2.05, 4.69) is 20.9 Å². The third-order valence-electron chi connectivity index (χ3n) is 4.00. The molecule has 0 fully saturated rings. The number of thiazole rings is 1. The molecule has 0 aliphatic carbocycles. The largest absolute Gasteiger partial charge is 0.493 e. The maximum absolute atomic E-state index is 14.4. The number of nitrogens with one attached hydrogen (secondary N) is 3. The van der Waals surface area contributed by atoms with Gasteiger partial charge in [-0.2, -0.15) is 0 Å². The first-order chi connectivity index (χ1) is 15.6. The Labute approximate surface area is 194 Å².